The maximum absolute atomic E-state index is 5.41. The Balaban J connectivity index is 3.55. The SMILES string of the molecule is CC(C)(C)C/C=C/OCC(C)(C)C. The Morgan fingerprint density at radius 3 is 1.85 bits per heavy atom. The van der Waals surface area contributed by atoms with Crippen molar-refractivity contribution in [2.75, 3.05) is 6.61 Å². The van der Waals surface area contributed by atoms with Crippen LogP contribution in [0.3, 0.4) is 0 Å². The van der Waals surface area contributed by atoms with Crippen LogP contribution >= 0.6 is 0 Å². The number of hydrogen-bond donors (Lipinski definition) is 0. The van der Waals surface area contributed by atoms with Gasteiger partial charge in [0, 0.05) is 0 Å². The van der Waals surface area contributed by atoms with E-state index in [1.165, 1.54) is 0 Å². The minimum atomic E-state index is 0.256. The van der Waals surface area contributed by atoms with Gasteiger partial charge < -0.3 is 4.74 Å². The summed E-state index contributed by atoms with van der Waals surface area (Å²) in [4.78, 5) is 0. The van der Waals surface area contributed by atoms with Gasteiger partial charge in [-0.2, -0.15) is 0 Å². The quantitative estimate of drug-likeness (QED) is 0.602. The molecule has 0 rings (SSSR count). The van der Waals surface area contributed by atoms with Crippen LogP contribution in [0.2, 0.25) is 0 Å². The largest absolute Gasteiger partial charge is 0.501 e. The van der Waals surface area contributed by atoms with Crippen LogP contribution in [0.15, 0.2) is 12.3 Å². The Hall–Kier alpha value is -0.460. The van der Waals surface area contributed by atoms with Gasteiger partial charge in [-0.1, -0.05) is 41.5 Å². The summed E-state index contributed by atoms with van der Waals surface area (Å²) in [6.07, 6.45) is 5.00. The van der Waals surface area contributed by atoms with E-state index in [2.05, 4.69) is 47.6 Å². The van der Waals surface area contributed by atoms with E-state index in [-0.39, 0.29) is 5.41 Å². The van der Waals surface area contributed by atoms with Gasteiger partial charge in [-0.3, -0.25) is 0 Å². The second-order valence-corrected chi connectivity index (χ2v) is 6.01. The highest BCUT2D eigenvalue weighted by molar-refractivity contribution is 4.80. The van der Waals surface area contributed by atoms with Crippen LogP contribution in [0, 0.1) is 10.8 Å². The summed E-state index contributed by atoms with van der Waals surface area (Å²) in [5, 5.41) is 0. The molecule has 0 fully saturated rings. The van der Waals surface area contributed by atoms with Crippen molar-refractivity contribution >= 4 is 0 Å². The first-order valence-electron chi connectivity index (χ1n) is 4.97. The lowest BCUT2D eigenvalue weighted by Crippen LogP contribution is -2.12. The zero-order valence-electron chi connectivity index (χ0n) is 9.98. The zero-order chi connectivity index (χ0) is 10.5. The standard InChI is InChI=1S/C12H24O/c1-11(2,3)8-7-9-13-10-12(4,5)6/h7,9H,8,10H2,1-6H3/b9-7+. The molecule has 0 aromatic heterocycles. The van der Waals surface area contributed by atoms with E-state index in [0.29, 0.717) is 5.41 Å². The molecule has 0 unspecified atom stereocenters. The Morgan fingerprint density at radius 1 is 0.923 bits per heavy atom. The van der Waals surface area contributed by atoms with Crippen LogP contribution in [0.25, 0.3) is 0 Å². The van der Waals surface area contributed by atoms with Gasteiger partial charge in [0.05, 0.1) is 12.9 Å². The van der Waals surface area contributed by atoms with E-state index < -0.39 is 0 Å². The molecule has 0 amide bonds. The van der Waals surface area contributed by atoms with Crippen molar-refractivity contribution < 1.29 is 4.74 Å². The van der Waals surface area contributed by atoms with Gasteiger partial charge in [0.15, 0.2) is 0 Å². The molecule has 0 bridgehead atoms. The van der Waals surface area contributed by atoms with E-state index in [0.717, 1.165) is 13.0 Å². The summed E-state index contributed by atoms with van der Waals surface area (Å²) in [7, 11) is 0. The molecule has 0 aliphatic rings. The molecular weight excluding hydrogens is 160 g/mol. The molecule has 0 aliphatic carbocycles. The monoisotopic (exact) mass is 184 g/mol. The summed E-state index contributed by atoms with van der Waals surface area (Å²) in [5.74, 6) is 0. The number of rotatable bonds is 3. The van der Waals surface area contributed by atoms with Gasteiger partial charge in [-0.25, -0.2) is 0 Å². The Kier molecular flexibility index (Phi) is 4.52. The van der Waals surface area contributed by atoms with Crippen LogP contribution in [-0.2, 0) is 4.74 Å². The summed E-state index contributed by atoms with van der Waals surface area (Å²) in [6, 6.07) is 0. The van der Waals surface area contributed by atoms with Crippen molar-refractivity contribution in [3.05, 3.63) is 12.3 Å². The van der Waals surface area contributed by atoms with Crippen molar-refractivity contribution in [3.8, 4) is 0 Å². The number of allylic oxidation sites excluding steroid dienone is 1. The van der Waals surface area contributed by atoms with Crippen molar-refractivity contribution in [1.29, 1.82) is 0 Å². The highest BCUT2D eigenvalue weighted by atomic mass is 16.5. The van der Waals surface area contributed by atoms with E-state index in [1.807, 2.05) is 6.26 Å². The number of ether oxygens (including phenoxy) is 1. The van der Waals surface area contributed by atoms with Crippen molar-refractivity contribution in [3.63, 3.8) is 0 Å². The summed E-state index contributed by atoms with van der Waals surface area (Å²) in [6.45, 7) is 14.0. The predicted molar refractivity (Wildman–Crippen MR) is 58.6 cm³/mol. The third kappa shape index (κ3) is 11.5. The smallest absolute Gasteiger partial charge is 0.0921 e. The van der Waals surface area contributed by atoms with Crippen LogP contribution in [0.5, 0.6) is 0 Å². The lowest BCUT2D eigenvalue weighted by molar-refractivity contribution is 0.150. The lowest BCUT2D eigenvalue weighted by Gasteiger charge is -2.17. The molecule has 0 radical (unpaired) electrons. The predicted octanol–water partition coefficient (Wildman–Crippen LogP) is 4.00. The van der Waals surface area contributed by atoms with Crippen molar-refractivity contribution in [2.24, 2.45) is 10.8 Å². The molecule has 0 spiro atoms. The second kappa shape index (κ2) is 4.69. The Bertz CT molecular complexity index is 155. The molecule has 1 nitrogen and oxygen atoms in total. The normalized spacial score (nSPS) is 13.7. The van der Waals surface area contributed by atoms with E-state index >= 15 is 0 Å². The minimum Gasteiger partial charge on any atom is -0.501 e. The van der Waals surface area contributed by atoms with E-state index in [4.69, 9.17) is 4.74 Å². The van der Waals surface area contributed by atoms with Gasteiger partial charge in [-0.05, 0) is 23.3 Å². The number of hydrogen-bond acceptors (Lipinski definition) is 1. The summed E-state index contributed by atoms with van der Waals surface area (Å²) >= 11 is 0. The average Bonchev–Trinajstić information content (AvgIpc) is 1.81. The fraction of sp³-hybridized carbons (Fsp3) is 0.833. The summed E-state index contributed by atoms with van der Waals surface area (Å²) in [5.41, 5.74) is 0.619. The highest BCUT2D eigenvalue weighted by Crippen LogP contribution is 2.19. The van der Waals surface area contributed by atoms with Gasteiger partial charge in [-0.15, -0.1) is 0 Å². The van der Waals surface area contributed by atoms with Gasteiger partial charge >= 0.3 is 0 Å². The maximum Gasteiger partial charge on any atom is 0.0921 e. The molecule has 0 aromatic rings. The maximum atomic E-state index is 5.41. The first-order chi connectivity index (χ1) is 5.71. The molecule has 0 N–H and O–H groups in total. The van der Waals surface area contributed by atoms with Gasteiger partial charge in [0.2, 0.25) is 0 Å². The Labute approximate surface area is 83.2 Å². The van der Waals surface area contributed by atoms with Crippen molar-refractivity contribution in [1.82, 2.24) is 0 Å². The molecule has 0 heterocycles. The van der Waals surface area contributed by atoms with E-state index in [9.17, 15) is 0 Å². The van der Waals surface area contributed by atoms with Crippen LogP contribution < -0.4 is 0 Å². The third-order valence-corrected chi connectivity index (χ3v) is 1.44. The molecule has 0 saturated heterocycles. The minimum absolute atomic E-state index is 0.256. The first-order valence-corrected chi connectivity index (χ1v) is 4.97. The second-order valence-electron chi connectivity index (χ2n) is 6.01. The third-order valence-electron chi connectivity index (χ3n) is 1.44. The van der Waals surface area contributed by atoms with E-state index in [1.54, 1.807) is 0 Å². The van der Waals surface area contributed by atoms with Crippen LogP contribution in [0.4, 0.5) is 0 Å². The summed E-state index contributed by atoms with van der Waals surface area (Å²) < 4.78 is 5.41. The molecule has 0 aromatic carbocycles. The molecule has 1 heteroatoms. The average molecular weight is 184 g/mol. The Morgan fingerprint density at radius 2 is 1.46 bits per heavy atom. The molecule has 13 heavy (non-hydrogen) atoms. The fourth-order valence-electron chi connectivity index (χ4n) is 0.768. The molecule has 0 atom stereocenters. The molecule has 0 aliphatic heterocycles. The van der Waals surface area contributed by atoms with Crippen LogP contribution in [-0.4, -0.2) is 6.61 Å². The molecular formula is C12H24O. The molecule has 0 saturated carbocycles. The van der Waals surface area contributed by atoms with Gasteiger partial charge in [0.1, 0.15) is 0 Å². The zero-order valence-corrected chi connectivity index (χ0v) is 9.98. The topological polar surface area (TPSA) is 9.23 Å². The lowest BCUT2D eigenvalue weighted by atomic mass is 9.92. The highest BCUT2D eigenvalue weighted by Gasteiger charge is 2.09. The van der Waals surface area contributed by atoms with Gasteiger partial charge in [0.25, 0.3) is 0 Å². The van der Waals surface area contributed by atoms with Crippen LogP contribution in [0.1, 0.15) is 48.0 Å². The first kappa shape index (κ1) is 12.5. The fourth-order valence-corrected chi connectivity index (χ4v) is 0.768. The molecule has 78 valence electrons. The van der Waals surface area contributed by atoms with Crippen molar-refractivity contribution in [2.45, 2.75) is 48.0 Å².